The van der Waals surface area contributed by atoms with Crippen LogP contribution >= 0.6 is 0 Å². The molecule has 5 nitrogen and oxygen atoms in total. The summed E-state index contributed by atoms with van der Waals surface area (Å²) < 4.78 is 11.1. The first-order valence-electron chi connectivity index (χ1n) is 10.3. The van der Waals surface area contributed by atoms with Crippen molar-refractivity contribution in [1.82, 2.24) is 15.0 Å². The molecule has 2 aromatic rings. The van der Waals surface area contributed by atoms with E-state index in [1.165, 1.54) is 11.3 Å². The van der Waals surface area contributed by atoms with Crippen LogP contribution in [-0.2, 0) is 0 Å². The van der Waals surface area contributed by atoms with Crippen molar-refractivity contribution in [3.05, 3.63) is 46.9 Å². The smallest absolute Gasteiger partial charge is 0.258 e. The van der Waals surface area contributed by atoms with Crippen LogP contribution < -0.4 is 4.74 Å². The quantitative estimate of drug-likeness (QED) is 0.619. The van der Waals surface area contributed by atoms with E-state index in [1.807, 2.05) is 26.0 Å². The van der Waals surface area contributed by atoms with Crippen LogP contribution in [0.1, 0.15) is 57.0 Å². The molecule has 0 spiro atoms. The molecule has 1 aromatic heterocycles. The summed E-state index contributed by atoms with van der Waals surface area (Å²) in [4.78, 5) is 7.00. The molecule has 156 valence electrons. The highest BCUT2D eigenvalue weighted by molar-refractivity contribution is 5.75. The van der Waals surface area contributed by atoms with Crippen LogP contribution in [0.4, 0.5) is 0 Å². The standard InChI is InChI=1S/C24H33N3O2/c1-9-27(7)20-14-24(5,6)11-10-19(20)17(4)22-25-23(29-26-22)18-12-15(2)21(28-8)16(3)13-18/h12-13H,4,9-11,14H2,1-3,5-8H3. The minimum atomic E-state index is 0.295. The van der Waals surface area contributed by atoms with Gasteiger partial charge in [0.1, 0.15) is 5.75 Å². The fraction of sp³-hybridized carbons (Fsp3) is 0.500. The summed E-state index contributed by atoms with van der Waals surface area (Å²) in [6.07, 6.45) is 3.15. The van der Waals surface area contributed by atoms with Gasteiger partial charge in [-0.15, -0.1) is 0 Å². The zero-order valence-corrected chi connectivity index (χ0v) is 18.8. The molecule has 0 N–H and O–H groups in total. The largest absolute Gasteiger partial charge is 0.496 e. The molecule has 0 saturated carbocycles. The normalized spacial score (nSPS) is 16.1. The van der Waals surface area contributed by atoms with Crippen LogP contribution in [0.5, 0.6) is 5.75 Å². The fourth-order valence-electron chi connectivity index (χ4n) is 4.13. The average Bonchev–Trinajstić information content (AvgIpc) is 3.16. The Hall–Kier alpha value is -2.56. The van der Waals surface area contributed by atoms with E-state index in [1.54, 1.807) is 7.11 Å². The Morgan fingerprint density at radius 3 is 2.52 bits per heavy atom. The molecular formula is C24H33N3O2. The lowest BCUT2D eigenvalue weighted by molar-refractivity contribution is 0.267. The first kappa shape index (κ1) is 21.2. The summed E-state index contributed by atoms with van der Waals surface area (Å²) >= 11 is 0. The predicted molar refractivity (Wildman–Crippen MR) is 118 cm³/mol. The van der Waals surface area contributed by atoms with Gasteiger partial charge in [0.15, 0.2) is 0 Å². The monoisotopic (exact) mass is 395 g/mol. The van der Waals surface area contributed by atoms with E-state index in [0.717, 1.165) is 53.8 Å². The Morgan fingerprint density at radius 2 is 1.93 bits per heavy atom. The Balaban J connectivity index is 1.96. The topological polar surface area (TPSA) is 51.4 Å². The van der Waals surface area contributed by atoms with Crippen molar-refractivity contribution in [2.45, 2.75) is 53.9 Å². The van der Waals surface area contributed by atoms with Gasteiger partial charge in [0, 0.05) is 30.4 Å². The predicted octanol–water partition coefficient (Wildman–Crippen LogP) is 5.79. The van der Waals surface area contributed by atoms with Crippen LogP contribution in [-0.4, -0.2) is 35.7 Å². The molecule has 1 aliphatic rings. The molecule has 29 heavy (non-hydrogen) atoms. The molecular weight excluding hydrogens is 362 g/mol. The van der Waals surface area contributed by atoms with Gasteiger partial charge in [-0.05, 0) is 74.3 Å². The van der Waals surface area contributed by atoms with Gasteiger partial charge in [-0.3, -0.25) is 0 Å². The van der Waals surface area contributed by atoms with Crippen molar-refractivity contribution in [2.75, 3.05) is 20.7 Å². The van der Waals surface area contributed by atoms with Gasteiger partial charge in [0.25, 0.3) is 5.89 Å². The van der Waals surface area contributed by atoms with Gasteiger partial charge in [0.05, 0.1) is 7.11 Å². The minimum absolute atomic E-state index is 0.295. The van der Waals surface area contributed by atoms with Gasteiger partial charge >= 0.3 is 0 Å². The molecule has 0 amide bonds. The second-order valence-corrected chi connectivity index (χ2v) is 8.83. The van der Waals surface area contributed by atoms with Crippen molar-refractivity contribution >= 4 is 5.57 Å². The maximum Gasteiger partial charge on any atom is 0.258 e. The highest BCUT2D eigenvalue weighted by Gasteiger charge is 2.31. The number of benzene rings is 1. The molecule has 0 fully saturated rings. The molecule has 0 unspecified atom stereocenters. The van der Waals surface area contributed by atoms with Gasteiger partial charge in [0.2, 0.25) is 5.82 Å². The number of ether oxygens (including phenoxy) is 1. The number of hydrogen-bond acceptors (Lipinski definition) is 5. The third kappa shape index (κ3) is 4.24. The fourth-order valence-corrected chi connectivity index (χ4v) is 4.13. The summed E-state index contributed by atoms with van der Waals surface area (Å²) in [6.45, 7) is 16.2. The number of methoxy groups -OCH3 is 1. The van der Waals surface area contributed by atoms with Crippen molar-refractivity contribution in [3.8, 4) is 17.2 Å². The molecule has 1 aliphatic carbocycles. The van der Waals surface area contributed by atoms with Gasteiger partial charge in [-0.25, -0.2) is 0 Å². The van der Waals surface area contributed by atoms with E-state index in [9.17, 15) is 0 Å². The second-order valence-electron chi connectivity index (χ2n) is 8.83. The summed E-state index contributed by atoms with van der Waals surface area (Å²) in [5.41, 5.74) is 6.75. The van der Waals surface area contributed by atoms with E-state index in [-0.39, 0.29) is 0 Å². The Labute approximate surface area is 174 Å². The van der Waals surface area contributed by atoms with Gasteiger partial charge in [-0.1, -0.05) is 25.6 Å². The number of rotatable bonds is 6. The number of nitrogens with zero attached hydrogens (tertiary/aromatic N) is 3. The van der Waals surface area contributed by atoms with E-state index < -0.39 is 0 Å². The summed E-state index contributed by atoms with van der Waals surface area (Å²) in [5, 5.41) is 4.26. The lowest BCUT2D eigenvalue weighted by atomic mass is 9.74. The van der Waals surface area contributed by atoms with Gasteiger partial charge < -0.3 is 14.2 Å². The van der Waals surface area contributed by atoms with Crippen LogP contribution in [0.25, 0.3) is 17.0 Å². The van der Waals surface area contributed by atoms with Crippen LogP contribution in [0.15, 0.2) is 34.5 Å². The molecule has 0 bridgehead atoms. The van der Waals surface area contributed by atoms with Gasteiger partial charge in [-0.2, -0.15) is 4.98 Å². The van der Waals surface area contributed by atoms with E-state index in [2.05, 4.69) is 49.4 Å². The summed E-state index contributed by atoms with van der Waals surface area (Å²) in [7, 11) is 3.84. The summed E-state index contributed by atoms with van der Waals surface area (Å²) in [6, 6.07) is 4.04. The Bertz CT molecular complexity index is 930. The molecule has 0 saturated heterocycles. The van der Waals surface area contributed by atoms with Crippen LogP contribution in [0.2, 0.25) is 0 Å². The van der Waals surface area contributed by atoms with Crippen molar-refractivity contribution in [2.24, 2.45) is 5.41 Å². The molecule has 5 heteroatoms. The number of aryl methyl sites for hydroxylation is 2. The highest BCUT2D eigenvalue weighted by atomic mass is 16.5. The van der Waals surface area contributed by atoms with Crippen molar-refractivity contribution < 1.29 is 9.26 Å². The first-order valence-corrected chi connectivity index (χ1v) is 10.3. The van der Waals surface area contributed by atoms with Crippen LogP contribution in [0, 0.1) is 19.3 Å². The zero-order chi connectivity index (χ0) is 21.3. The summed E-state index contributed by atoms with van der Waals surface area (Å²) in [5.74, 6) is 1.97. The maximum atomic E-state index is 5.61. The molecule has 1 heterocycles. The van der Waals surface area contributed by atoms with E-state index >= 15 is 0 Å². The zero-order valence-electron chi connectivity index (χ0n) is 18.8. The number of aromatic nitrogens is 2. The second kappa shape index (κ2) is 8.05. The molecule has 0 aliphatic heterocycles. The number of hydrogen-bond donors (Lipinski definition) is 0. The third-order valence-corrected chi connectivity index (χ3v) is 5.95. The number of allylic oxidation sites excluding steroid dienone is 3. The lowest BCUT2D eigenvalue weighted by Gasteiger charge is -2.37. The van der Waals surface area contributed by atoms with E-state index in [4.69, 9.17) is 9.26 Å². The van der Waals surface area contributed by atoms with Crippen molar-refractivity contribution in [3.63, 3.8) is 0 Å². The Morgan fingerprint density at radius 1 is 1.28 bits per heavy atom. The SMILES string of the molecule is C=C(C1=C(N(C)CC)CC(C)(C)CC1)c1noc(-c2cc(C)c(OC)c(C)c2)n1. The Kier molecular flexibility index (Phi) is 5.87. The third-order valence-electron chi connectivity index (χ3n) is 5.95. The molecule has 3 rings (SSSR count). The van der Waals surface area contributed by atoms with Crippen molar-refractivity contribution in [1.29, 1.82) is 0 Å². The first-order chi connectivity index (χ1) is 13.7. The minimum Gasteiger partial charge on any atom is -0.496 e. The van der Waals surface area contributed by atoms with Crippen LogP contribution in [0.3, 0.4) is 0 Å². The lowest BCUT2D eigenvalue weighted by Crippen LogP contribution is -2.28. The molecule has 0 radical (unpaired) electrons. The molecule has 1 aromatic carbocycles. The van der Waals surface area contributed by atoms with E-state index in [0.29, 0.717) is 17.1 Å². The molecule has 0 atom stereocenters. The highest BCUT2D eigenvalue weighted by Crippen LogP contribution is 2.43. The maximum absolute atomic E-state index is 5.61. The average molecular weight is 396 g/mol.